The van der Waals surface area contributed by atoms with Gasteiger partial charge in [-0.2, -0.15) is 8.42 Å². The minimum absolute atomic E-state index is 0. The van der Waals surface area contributed by atoms with E-state index in [0.29, 0.717) is 0 Å². The zero-order valence-electron chi connectivity index (χ0n) is 6.97. The Bertz CT molecular complexity index is 93.7. The summed E-state index contributed by atoms with van der Waals surface area (Å²) in [5, 5.41) is 0. The van der Waals surface area contributed by atoms with Gasteiger partial charge in [0.2, 0.25) is 0 Å². The Balaban J connectivity index is -0.00000000178. The summed E-state index contributed by atoms with van der Waals surface area (Å²) in [5.74, 6) is 0. The third-order valence-corrected chi connectivity index (χ3v) is 0. The smallest absolute Gasteiger partial charge is 0.394 e. The van der Waals surface area contributed by atoms with Crippen molar-refractivity contribution in [3.05, 3.63) is 0 Å². The van der Waals surface area contributed by atoms with Crippen molar-refractivity contribution in [1.82, 2.24) is 0 Å². The van der Waals surface area contributed by atoms with E-state index < -0.39 is 10.4 Å². The van der Waals surface area contributed by atoms with Gasteiger partial charge in [-0.05, 0) is 0 Å². The molecule has 0 aromatic rings. The standard InChI is InChI=1S/Fe.H2O4S.9H2O/c;1-5(2,3)4;;;;;;;;;/h;(H2,1,2,3,4);9*1H2. The van der Waals surface area contributed by atoms with Gasteiger partial charge in [-0.1, -0.05) is 0 Å². The van der Waals surface area contributed by atoms with Crippen LogP contribution in [0.2, 0.25) is 0 Å². The molecule has 0 aliphatic carbocycles. The van der Waals surface area contributed by atoms with Crippen molar-refractivity contribution in [2.45, 2.75) is 0 Å². The molecule has 0 aliphatic rings. The molecule has 0 amide bonds. The van der Waals surface area contributed by atoms with E-state index in [0.717, 1.165) is 0 Å². The maximum absolute atomic E-state index is 8.74. The maximum atomic E-state index is 8.74. The SMILES string of the molecule is O.O.O.O.O.O.O.O.O.O=S(=O)(O)O.[Fe]. The molecule has 15 heteroatoms. The molecule has 0 saturated heterocycles. The molecule has 0 heterocycles. The Labute approximate surface area is 94.9 Å². The molecule has 13 nitrogen and oxygen atoms in total. The van der Waals surface area contributed by atoms with Gasteiger partial charge in [-0.25, -0.2) is 0 Å². The summed E-state index contributed by atoms with van der Waals surface area (Å²) in [4.78, 5) is 0. The van der Waals surface area contributed by atoms with Crippen LogP contribution in [0.25, 0.3) is 0 Å². The van der Waals surface area contributed by atoms with Gasteiger partial charge in [0, 0.05) is 17.1 Å². The molecule has 0 aliphatic heterocycles. The molecule has 0 atom stereocenters. The molecule has 15 heavy (non-hydrogen) atoms. The van der Waals surface area contributed by atoms with Gasteiger partial charge in [-0.3, -0.25) is 9.11 Å². The van der Waals surface area contributed by atoms with Gasteiger partial charge < -0.3 is 49.3 Å². The fourth-order valence-corrected chi connectivity index (χ4v) is 0. The van der Waals surface area contributed by atoms with Gasteiger partial charge in [0.05, 0.1) is 0 Å². The normalized spacial score (nSPS) is 3.87. The van der Waals surface area contributed by atoms with Gasteiger partial charge in [-0.15, -0.1) is 0 Å². The van der Waals surface area contributed by atoms with Crippen LogP contribution in [-0.2, 0) is 27.5 Å². The van der Waals surface area contributed by atoms with Crippen molar-refractivity contribution in [2.75, 3.05) is 0 Å². The van der Waals surface area contributed by atoms with Crippen LogP contribution in [0.4, 0.5) is 0 Å². The first-order valence-corrected chi connectivity index (χ1v) is 2.10. The van der Waals surface area contributed by atoms with Crippen LogP contribution >= 0.6 is 0 Å². The van der Waals surface area contributed by atoms with Crippen LogP contribution < -0.4 is 0 Å². The Morgan fingerprint density at radius 2 is 0.533 bits per heavy atom. The summed E-state index contributed by atoms with van der Waals surface area (Å²) >= 11 is 0. The van der Waals surface area contributed by atoms with Crippen molar-refractivity contribution in [1.29, 1.82) is 0 Å². The molecule has 0 unspecified atom stereocenters. The van der Waals surface area contributed by atoms with E-state index in [-0.39, 0.29) is 66.4 Å². The Hall–Kier alpha value is 0.0295. The number of hydrogen-bond acceptors (Lipinski definition) is 2. The van der Waals surface area contributed by atoms with Crippen molar-refractivity contribution in [3.8, 4) is 0 Å². The fourth-order valence-electron chi connectivity index (χ4n) is 0. The van der Waals surface area contributed by atoms with Gasteiger partial charge in [0.1, 0.15) is 0 Å². The molecule has 0 bridgehead atoms. The van der Waals surface area contributed by atoms with Crippen molar-refractivity contribution in [2.24, 2.45) is 0 Å². The van der Waals surface area contributed by atoms with Crippen molar-refractivity contribution < 1.29 is 83.9 Å². The summed E-state index contributed by atoms with van der Waals surface area (Å²) in [6, 6.07) is 0. The van der Waals surface area contributed by atoms with E-state index in [1.165, 1.54) is 0 Å². The van der Waals surface area contributed by atoms with Crippen molar-refractivity contribution >= 4 is 10.4 Å². The predicted molar refractivity (Wildman–Crippen MR) is 46.7 cm³/mol. The van der Waals surface area contributed by atoms with E-state index in [2.05, 4.69) is 0 Å². The van der Waals surface area contributed by atoms with Crippen LogP contribution in [-0.4, -0.2) is 66.8 Å². The van der Waals surface area contributed by atoms with E-state index in [1.54, 1.807) is 0 Å². The molecule has 0 spiro atoms. The molecule has 0 aromatic heterocycles. The summed E-state index contributed by atoms with van der Waals surface area (Å²) < 4.78 is 31.6. The zero-order valence-corrected chi connectivity index (χ0v) is 8.89. The topological polar surface area (TPSA) is 358 Å². The van der Waals surface area contributed by atoms with Crippen LogP contribution in [0.15, 0.2) is 0 Å². The molecular formula is H20FeO13S. The average Bonchev–Trinajstić information content (AvgIpc) is 0.722. The number of rotatable bonds is 0. The molecule has 0 saturated carbocycles. The van der Waals surface area contributed by atoms with Gasteiger partial charge in [0.15, 0.2) is 0 Å². The zero-order chi connectivity index (χ0) is 4.50. The predicted octanol–water partition coefficient (Wildman–Crippen LogP) is -8.08. The fraction of sp³-hybridized carbons (Fsp3) is 0. The summed E-state index contributed by atoms with van der Waals surface area (Å²) in [5.41, 5.74) is 0. The first-order chi connectivity index (χ1) is 2.00. The average molecular weight is 316 g/mol. The second-order valence-corrected chi connectivity index (χ2v) is 1.34. The molecule has 0 aromatic carbocycles. The molecule has 20 N–H and O–H groups in total. The minimum Gasteiger partial charge on any atom is -0.412 e. The van der Waals surface area contributed by atoms with E-state index in [9.17, 15) is 0 Å². The van der Waals surface area contributed by atoms with Crippen LogP contribution in [0.5, 0.6) is 0 Å². The molecular weight excluding hydrogens is 296 g/mol. The summed E-state index contributed by atoms with van der Waals surface area (Å²) in [7, 11) is -4.67. The summed E-state index contributed by atoms with van der Waals surface area (Å²) in [6.45, 7) is 0. The van der Waals surface area contributed by atoms with E-state index >= 15 is 0 Å². The van der Waals surface area contributed by atoms with Gasteiger partial charge in [0.25, 0.3) is 0 Å². The first kappa shape index (κ1) is 182. The molecule has 0 radical (unpaired) electrons. The monoisotopic (exact) mass is 316 g/mol. The van der Waals surface area contributed by atoms with Crippen molar-refractivity contribution in [3.63, 3.8) is 0 Å². The van der Waals surface area contributed by atoms with Gasteiger partial charge >= 0.3 is 10.4 Å². The van der Waals surface area contributed by atoms with Crippen LogP contribution in [0.3, 0.4) is 0 Å². The minimum atomic E-state index is -4.67. The molecule has 0 fully saturated rings. The quantitative estimate of drug-likeness (QED) is 0.324. The maximum Gasteiger partial charge on any atom is 0.394 e. The number of hydrogen-bond donors (Lipinski definition) is 2. The Morgan fingerprint density at radius 3 is 0.533 bits per heavy atom. The molecule has 112 valence electrons. The summed E-state index contributed by atoms with van der Waals surface area (Å²) in [6.07, 6.45) is 0. The van der Waals surface area contributed by atoms with Crippen LogP contribution in [0.1, 0.15) is 0 Å². The molecule has 0 rings (SSSR count). The largest absolute Gasteiger partial charge is 0.412 e. The van der Waals surface area contributed by atoms with E-state index in [4.69, 9.17) is 17.5 Å². The Morgan fingerprint density at radius 1 is 0.533 bits per heavy atom. The second-order valence-electron chi connectivity index (χ2n) is 0.448. The first-order valence-electron chi connectivity index (χ1n) is 0.698. The Kier molecular flexibility index (Phi) is 796. The third kappa shape index (κ3) is 2340000. The third-order valence-electron chi connectivity index (χ3n) is 0. The van der Waals surface area contributed by atoms with Crippen LogP contribution in [0, 0.1) is 0 Å². The van der Waals surface area contributed by atoms with E-state index in [1.807, 2.05) is 0 Å². The second kappa shape index (κ2) is 65.5.